The Balaban J connectivity index is 1.55. The Morgan fingerprint density at radius 1 is 1.15 bits per heavy atom. The van der Waals surface area contributed by atoms with Crippen LogP contribution in [-0.4, -0.2) is 53.6 Å². The Kier molecular flexibility index (Phi) is 8.37. The van der Waals surface area contributed by atoms with Gasteiger partial charge in [0.25, 0.3) is 0 Å². The molecule has 0 radical (unpaired) electrons. The third-order valence-electron chi connectivity index (χ3n) is 7.91. The van der Waals surface area contributed by atoms with E-state index in [0.29, 0.717) is 30.3 Å². The summed E-state index contributed by atoms with van der Waals surface area (Å²) in [6, 6.07) is 17.3. The fourth-order valence-electron chi connectivity index (χ4n) is 5.52. The predicted octanol–water partition coefficient (Wildman–Crippen LogP) is 6.37. The summed E-state index contributed by atoms with van der Waals surface area (Å²) < 4.78 is 38.0. The van der Waals surface area contributed by atoms with Crippen molar-refractivity contribution in [3.8, 4) is 5.75 Å². The SMILES string of the molecule is CCOC(=O)CC(c1ccc(C)c(CN2CC(CC)Oc3ccccc3S2(O)O)c1)c1ccc2c(nnn2C)c1C. The number of carbonyl (C=O) groups is 1. The number of hydrogen-bond acceptors (Lipinski definition) is 8. The normalized spacial score (nSPS) is 18.3. The van der Waals surface area contributed by atoms with Gasteiger partial charge in [-0.25, -0.2) is 4.68 Å². The average molecular weight is 579 g/mol. The highest BCUT2D eigenvalue weighted by Crippen LogP contribution is 2.57. The Morgan fingerprint density at radius 3 is 2.68 bits per heavy atom. The molecule has 0 fully saturated rings. The number of carbonyl (C=O) groups excluding carboxylic acids is 1. The maximum atomic E-state index is 12.8. The number of aryl methyl sites for hydroxylation is 3. The number of hydrogen-bond donors (Lipinski definition) is 2. The van der Waals surface area contributed by atoms with Gasteiger partial charge in [-0.1, -0.05) is 48.5 Å². The van der Waals surface area contributed by atoms with Crippen LogP contribution < -0.4 is 4.74 Å². The molecular weight excluding hydrogens is 540 g/mol. The molecule has 5 rings (SSSR count). The summed E-state index contributed by atoms with van der Waals surface area (Å²) in [7, 11) is -1.44. The second-order valence-electron chi connectivity index (χ2n) is 10.5. The van der Waals surface area contributed by atoms with Crippen LogP contribution in [0.5, 0.6) is 5.75 Å². The topological polar surface area (TPSA) is 110 Å². The van der Waals surface area contributed by atoms with Crippen LogP contribution in [-0.2, 0) is 23.1 Å². The molecular formula is C31H38N4O5S. The lowest BCUT2D eigenvalue weighted by molar-refractivity contribution is -0.143. The molecule has 0 saturated heterocycles. The van der Waals surface area contributed by atoms with Gasteiger partial charge in [-0.15, -0.1) is 15.9 Å². The number of benzene rings is 3. The highest BCUT2D eigenvalue weighted by atomic mass is 32.3. The van der Waals surface area contributed by atoms with Crippen molar-refractivity contribution in [1.82, 2.24) is 19.3 Å². The third-order valence-corrected chi connectivity index (χ3v) is 9.84. The van der Waals surface area contributed by atoms with E-state index in [4.69, 9.17) is 9.47 Å². The van der Waals surface area contributed by atoms with E-state index in [1.807, 2.05) is 58.2 Å². The van der Waals surface area contributed by atoms with Gasteiger partial charge in [0.05, 0.1) is 25.1 Å². The van der Waals surface area contributed by atoms with Crippen molar-refractivity contribution >= 4 is 27.8 Å². The molecule has 218 valence electrons. The summed E-state index contributed by atoms with van der Waals surface area (Å²) >= 11 is 0. The van der Waals surface area contributed by atoms with Crippen LogP contribution in [0.25, 0.3) is 11.0 Å². The van der Waals surface area contributed by atoms with Gasteiger partial charge in [-0.3, -0.25) is 13.9 Å². The molecule has 1 aromatic heterocycles. The Bertz CT molecular complexity index is 1570. The summed E-state index contributed by atoms with van der Waals surface area (Å²) in [6.45, 7) is 8.84. The number of fused-ring (bicyclic) bond motifs is 2. The largest absolute Gasteiger partial charge is 0.487 e. The quantitative estimate of drug-likeness (QED) is 0.232. The van der Waals surface area contributed by atoms with Crippen molar-refractivity contribution in [1.29, 1.82) is 0 Å². The summed E-state index contributed by atoms with van der Waals surface area (Å²) in [6.07, 6.45) is 0.706. The van der Waals surface area contributed by atoms with E-state index >= 15 is 0 Å². The van der Waals surface area contributed by atoms with E-state index < -0.39 is 10.8 Å². The van der Waals surface area contributed by atoms with Gasteiger partial charge in [-0.2, -0.15) is 4.31 Å². The van der Waals surface area contributed by atoms with E-state index in [2.05, 4.69) is 16.4 Å². The Hall–Kier alpha value is -3.44. The lowest BCUT2D eigenvalue weighted by atomic mass is 9.84. The molecule has 41 heavy (non-hydrogen) atoms. The standard InChI is InChI=1S/C31H38N4O5S/c1-6-24-19-35(41(37,38)29-11-9-8-10-28(29)40-24)18-23-16-22(13-12-20(23)3)26(17-30(36)39-7-2)25-14-15-27-31(21(25)4)32-33-34(27)5/h8-16,24,26,37-38H,6-7,17-19H2,1-5H3. The molecule has 2 N–H and O–H groups in total. The number of aromatic nitrogens is 3. The van der Waals surface area contributed by atoms with E-state index in [9.17, 15) is 13.9 Å². The predicted molar refractivity (Wildman–Crippen MR) is 160 cm³/mol. The molecule has 2 unspecified atom stereocenters. The van der Waals surface area contributed by atoms with Crippen LogP contribution in [0.3, 0.4) is 0 Å². The number of ether oxygens (including phenoxy) is 2. The third kappa shape index (κ3) is 5.70. The number of rotatable bonds is 8. The highest BCUT2D eigenvalue weighted by molar-refractivity contribution is 8.22. The molecule has 10 heteroatoms. The maximum absolute atomic E-state index is 12.8. The minimum atomic E-state index is -3.30. The first-order valence-electron chi connectivity index (χ1n) is 14.0. The van der Waals surface area contributed by atoms with Gasteiger partial charge in [0.2, 0.25) is 0 Å². The van der Waals surface area contributed by atoms with Gasteiger partial charge in [-0.05, 0) is 73.2 Å². The molecule has 0 spiro atoms. The number of nitrogens with zero attached hydrogens (tertiary/aromatic N) is 4. The van der Waals surface area contributed by atoms with Crippen molar-refractivity contribution in [3.05, 3.63) is 82.4 Å². The monoisotopic (exact) mass is 578 g/mol. The van der Waals surface area contributed by atoms with E-state index in [0.717, 1.165) is 45.3 Å². The molecule has 0 aliphatic carbocycles. The molecule has 4 aromatic rings. The molecule has 3 aromatic carbocycles. The smallest absolute Gasteiger partial charge is 0.306 e. The molecule has 0 amide bonds. The van der Waals surface area contributed by atoms with Crippen molar-refractivity contribution in [2.45, 2.75) is 64.0 Å². The summed E-state index contributed by atoms with van der Waals surface area (Å²) in [4.78, 5) is 13.2. The molecule has 0 bridgehead atoms. The fraction of sp³-hybridized carbons (Fsp3) is 0.387. The van der Waals surface area contributed by atoms with Gasteiger partial charge >= 0.3 is 5.97 Å². The molecule has 1 aliphatic heterocycles. The molecule has 9 nitrogen and oxygen atoms in total. The van der Waals surface area contributed by atoms with Gasteiger partial charge in [0, 0.05) is 19.5 Å². The lowest BCUT2D eigenvalue weighted by Gasteiger charge is -2.42. The number of esters is 1. The first-order chi connectivity index (χ1) is 19.6. The van der Waals surface area contributed by atoms with Gasteiger partial charge in [0.15, 0.2) is 0 Å². The summed E-state index contributed by atoms with van der Waals surface area (Å²) in [5.41, 5.74) is 6.58. The Morgan fingerprint density at radius 2 is 1.93 bits per heavy atom. The molecule has 0 saturated carbocycles. The number of para-hydroxylation sites is 1. The highest BCUT2D eigenvalue weighted by Gasteiger charge is 2.35. The molecule has 2 atom stereocenters. The second kappa shape index (κ2) is 11.8. The van der Waals surface area contributed by atoms with Crippen molar-refractivity contribution in [2.24, 2.45) is 7.05 Å². The first-order valence-corrected chi connectivity index (χ1v) is 15.5. The van der Waals surface area contributed by atoms with Crippen molar-refractivity contribution in [2.75, 3.05) is 13.2 Å². The van der Waals surface area contributed by atoms with Gasteiger partial charge in [0.1, 0.15) is 22.3 Å². The first kappa shape index (κ1) is 29.1. The van der Waals surface area contributed by atoms with Crippen molar-refractivity contribution < 1.29 is 23.4 Å². The average Bonchev–Trinajstić information content (AvgIpc) is 3.29. The van der Waals surface area contributed by atoms with Crippen LogP contribution in [0.15, 0.2) is 59.5 Å². The van der Waals surface area contributed by atoms with E-state index in [1.165, 1.54) is 0 Å². The van der Waals surface area contributed by atoms with Crippen LogP contribution in [0.1, 0.15) is 60.4 Å². The van der Waals surface area contributed by atoms with Crippen molar-refractivity contribution in [3.63, 3.8) is 0 Å². The molecule has 1 aliphatic rings. The summed E-state index contributed by atoms with van der Waals surface area (Å²) in [5.74, 6) is -0.0482. The minimum Gasteiger partial charge on any atom is -0.487 e. The fourth-order valence-corrected chi connectivity index (χ4v) is 7.14. The van der Waals surface area contributed by atoms with Crippen LogP contribution >= 0.6 is 10.8 Å². The van der Waals surface area contributed by atoms with Crippen LogP contribution in [0.4, 0.5) is 0 Å². The molecule has 2 heterocycles. The zero-order chi connectivity index (χ0) is 29.3. The zero-order valence-corrected chi connectivity index (χ0v) is 25.0. The Labute approximate surface area is 242 Å². The van der Waals surface area contributed by atoms with E-state index in [-0.39, 0.29) is 24.4 Å². The maximum Gasteiger partial charge on any atom is 0.306 e. The second-order valence-corrected chi connectivity index (χ2v) is 12.5. The zero-order valence-electron chi connectivity index (χ0n) is 24.2. The van der Waals surface area contributed by atoms with Crippen LogP contribution in [0, 0.1) is 13.8 Å². The lowest BCUT2D eigenvalue weighted by Crippen LogP contribution is -2.34. The summed E-state index contributed by atoms with van der Waals surface area (Å²) in [5, 5.41) is 8.54. The van der Waals surface area contributed by atoms with Crippen LogP contribution in [0.2, 0.25) is 0 Å². The van der Waals surface area contributed by atoms with Gasteiger partial charge < -0.3 is 9.47 Å². The van der Waals surface area contributed by atoms with E-state index in [1.54, 1.807) is 34.1 Å². The minimum absolute atomic E-state index is 0.168.